The second-order valence-corrected chi connectivity index (χ2v) is 11.5. The first-order valence-electron chi connectivity index (χ1n) is 13.8. The van der Waals surface area contributed by atoms with E-state index in [-0.39, 0.29) is 22.9 Å². The highest BCUT2D eigenvalue weighted by molar-refractivity contribution is 14.1. The number of aromatic nitrogens is 1. The number of halogens is 1. The molecule has 0 spiro atoms. The number of hydrogen-bond acceptors (Lipinski definition) is 5. The Hall–Kier alpha value is -3.21. The molecule has 1 fully saturated rings. The van der Waals surface area contributed by atoms with Gasteiger partial charge in [0.1, 0.15) is 11.3 Å². The lowest BCUT2D eigenvalue weighted by Gasteiger charge is -2.43. The molecule has 1 unspecified atom stereocenters. The smallest absolute Gasteiger partial charge is 0.256 e. The first kappa shape index (κ1) is 28.3. The molecule has 0 aliphatic carbocycles. The van der Waals surface area contributed by atoms with Crippen molar-refractivity contribution >= 4 is 39.4 Å². The molecule has 1 saturated heterocycles. The summed E-state index contributed by atoms with van der Waals surface area (Å²) in [6.45, 7) is 4.51. The molecule has 1 atom stereocenters. The summed E-state index contributed by atoms with van der Waals surface area (Å²) in [7, 11) is 1.56. The molecule has 7 nitrogen and oxygen atoms in total. The van der Waals surface area contributed by atoms with E-state index < -0.39 is 0 Å². The molecule has 1 aliphatic heterocycles. The van der Waals surface area contributed by atoms with Gasteiger partial charge in [-0.1, -0.05) is 89.3 Å². The molecule has 1 aromatic heterocycles. The van der Waals surface area contributed by atoms with Crippen LogP contribution >= 0.6 is 22.6 Å². The fraction of sp³-hybridized carbons (Fsp3) is 0.312. The van der Waals surface area contributed by atoms with Crippen molar-refractivity contribution in [2.75, 3.05) is 39.8 Å². The number of nitrogens with zero attached hydrogens (tertiary/aromatic N) is 2. The van der Waals surface area contributed by atoms with Crippen LogP contribution in [-0.2, 0) is 0 Å². The number of carbonyl (C=O) groups excluding carboxylic acids is 1. The third-order valence-electron chi connectivity index (χ3n) is 7.55. The molecule has 4 aromatic rings. The molecule has 1 amide bonds. The van der Waals surface area contributed by atoms with Crippen LogP contribution in [0.4, 0.5) is 0 Å². The Labute approximate surface area is 248 Å². The predicted octanol–water partition coefficient (Wildman–Crippen LogP) is 5.22. The number of H-pyrrole nitrogens is 1. The van der Waals surface area contributed by atoms with Crippen LogP contribution in [0.25, 0.3) is 10.9 Å². The summed E-state index contributed by atoms with van der Waals surface area (Å²) in [5, 5.41) is 3.37. The minimum atomic E-state index is -0.348. The minimum absolute atomic E-state index is 0.121. The number of hydrogen-bond donors (Lipinski definition) is 2. The largest absolute Gasteiger partial charge is 0.495 e. The number of ether oxygens (including phenoxy) is 1. The Morgan fingerprint density at radius 3 is 2.35 bits per heavy atom. The predicted molar refractivity (Wildman–Crippen MR) is 168 cm³/mol. The van der Waals surface area contributed by atoms with Gasteiger partial charge in [0.05, 0.1) is 28.1 Å². The second kappa shape index (κ2) is 13.4. The van der Waals surface area contributed by atoms with Crippen molar-refractivity contribution in [2.45, 2.75) is 22.9 Å². The summed E-state index contributed by atoms with van der Waals surface area (Å²) in [4.78, 5) is 33.8. The highest BCUT2D eigenvalue weighted by Crippen LogP contribution is 2.31. The lowest BCUT2D eigenvalue weighted by molar-refractivity contribution is 0.0943. The quantitative estimate of drug-likeness (QED) is 0.107. The number of aromatic amines is 1. The van der Waals surface area contributed by atoms with Crippen LogP contribution in [0, 0.1) is 0 Å². The minimum Gasteiger partial charge on any atom is -0.495 e. The van der Waals surface area contributed by atoms with Gasteiger partial charge < -0.3 is 15.0 Å². The summed E-state index contributed by atoms with van der Waals surface area (Å²) in [6.07, 6.45) is 3.30. The SMILES string of the molecule is COc1cccc2c(=O)c(C(=O)NCCCCN3CCN(C(c4ccccc4)c4ccccc4)CC3I)c[nH]c12. The summed E-state index contributed by atoms with van der Waals surface area (Å²) in [5.74, 6) is 0.228. The van der Waals surface area contributed by atoms with E-state index in [2.05, 4.69) is 103 Å². The lowest BCUT2D eigenvalue weighted by Crippen LogP contribution is -2.51. The van der Waals surface area contributed by atoms with E-state index in [1.54, 1.807) is 25.3 Å². The Morgan fingerprint density at radius 2 is 1.70 bits per heavy atom. The van der Waals surface area contributed by atoms with E-state index in [1.807, 2.05) is 0 Å². The number of para-hydroxylation sites is 1. The molecule has 0 saturated carbocycles. The van der Waals surface area contributed by atoms with Gasteiger partial charge in [-0.05, 0) is 42.6 Å². The van der Waals surface area contributed by atoms with E-state index in [4.69, 9.17) is 4.74 Å². The fourth-order valence-corrected chi connectivity index (χ4v) is 6.53. The zero-order chi connectivity index (χ0) is 27.9. The van der Waals surface area contributed by atoms with Gasteiger partial charge in [0.2, 0.25) is 5.43 Å². The van der Waals surface area contributed by atoms with Crippen molar-refractivity contribution < 1.29 is 9.53 Å². The first-order chi connectivity index (χ1) is 19.6. The molecule has 0 bridgehead atoms. The maximum absolute atomic E-state index is 12.9. The molecule has 208 valence electrons. The zero-order valence-corrected chi connectivity index (χ0v) is 24.8. The fourth-order valence-electron chi connectivity index (χ4n) is 5.47. The number of amides is 1. The monoisotopic (exact) mass is 650 g/mol. The summed E-state index contributed by atoms with van der Waals surface area (Å²) < 4.78 is 5.72. The summed E-state index contributed by atoms with van der Waals surface area (Å²) >= 11 is 2.57. The molecule has 2 N–H and O–H groups in total. The van der Waals surface area contributed by atoms with Crippen molar-refractivity contribution in [1.29, 1.82) is 0 Å². The van der Waals surface area contributed by atoms with Crippen LogP contribution in [0.2, 0.25) is 0 Å². The zero-order valence-electron chi connectivity index (χ0n) is 22.7. The van der Waals surface area contributed by atoms with Crippen molar-refractivity contribution in [1.82, 2.24) is 20.1 Å². The number of piperazine rings is 1. The molecule has 8 heteroatoms. The molecular weight excluding hydrogens is 615 g/mol. The summed E-state index contributed by atoms with van der Waals surface area (Å²) in [5.41, 5.74) is 3.08. The van der Waals surface area contributed by atoms with Gasteiger partial charge in [-0.25, -0.2) is 0 Å². The normalized spacial score (nSPS) is 16.3. The Balaban J connectivity index is 1.12. The molecule has 0 radical (unpaired) electrons. The Kier molecular flexibility index (Phi) is 9.51. The van der Waals surface area contributed by atoms with E-state index in [0.29, 0.717) is 27.2 Å². The molecule has 1 aliphatic rings. The van der Waals surface area contributed by atoms with Crippen molar-refractivity contribution in [2.24, 2.45) is 0 Å². The molecular formula is C32H35IN4O3. The highest BCUT2D eigenvalue weighted by atomic mass is 127. The maximum Gasteiger partial charge on any atom is 0.256 e. The Morgan fingerprint density at radius 1 is 1.00 bits per heavy atom. The van der Waals surface area contributed by atoms with Crippen LogP contribution in [0.3, 0.4) is 0 Å². The van der Waals surface area contributed by atoms with Gasteiger partial charge in [-0.15, -0.1) is 0 Å². The van der Waals surface area contributed by atoms with Crippen molar-refractivity contribution in [3.05, 3.63) is 112 Å². The Bertz CT molecular complexity index is 1440. The van der Waals surface area contributed by atoms with Crippen molar-refractivity contribution in [3.8, 4) is 5.75 Å². The van der Waals surface area contributed by atoms with Gasteiger partial charge in [-0.3, -0.25) is 19.4 Å². The molecule has 2 heterocycles. The number of fused-ring (bicyclic) bond motifs is 1. The standard InChI is InChI=1S/C32H35IN4O3/c1-40-27-16-10-15-25-29(27)35-21-26(31(25)38)32(39)34-17-8-9-18-36-19-20-37(22-28(36)33)30(23-11-4-2-5-12-23)24-13-6-3-7-14-24/h2-7,10-16,21,28,30H,8-9,17-20,22H2,1H3,(H,34,39)(H,35,38). The third kappa shape index (κ3) is 6.40. The highest BCUT2D eigenvalue weighted by Gasteiger charge is 2.30. The second-order valence-electron chi connectivity index (χ2n) is 10.1. The van der Waals surface area contributed by atoms with Gasteiger partial charge in [0.15, 0.2) is 0 Å². The van der Waals surface area contributed by atoms with Gasteiger partial charge in [0, 0.05) is 32.4 Å². The third-order valence-corrected chi connectivity index (χ3v) is 8.73. The lowest BCUT2D eigenvalue weighted by atomic mass is 9.96. The molecule has 5 rings (SSSR count). The van der Waals surface area contributed by atoms with Gasteiger partial charge >= 0.3 is 0 Å². The number of alkyl halides is 1. The summed E-state index contributed by atoms with van der Waals surface area (Å²) in [6, 6.07) is 27.0. The number of unbranched alkanes of at least 4 members (excludes halogenated alkanes) is 1. The van der Waals surface area contributed by atoms with E-state index in [9.17, 15) is 9.59 Å². The number of carbonyl (C=O) groups is 1. The van der Waals surface area contributed by atoms with Crippen LogP contribution < -0.4 is 15.5 Å². The number of nitrogens with one attached hydrogen (secondary N) is 2. The van der Waals surface area contributed by atoms with Crippen LogP contribution in [0.5, 0.6) is 5.75 Å². The molecule has 40 heavy (non-hydrogen) atoms. The first-order valence-corrected chi connectivity index (χ1v) is 15.0. The van der Waals surface area contributed by atoms with Crippen LogP contribution in [0.1, 0.15) is 40.4 Å². The van der Waals surface area contributed by atoms with E-state index in [1.165, 1.54) is 17.3 Å². The maximum atomic E-state index is 12.9. The van der Waals surface area contributed by atoms with Crippen molar-refractivity contribution in [3.63, 3.8) is 0 Å². The average molecular weight is 651 g/mol. The number of rotatable bonds is 10. The van der Waals surface area contributed by atoms with Crippen LogP contribution in [0.15, 0.2) is 89.9 Å². The number of methoxy groups -OCH3 is 1. The number of pyridine rings is 1. The number of benzene rings is 3. The van der Waals surface area contributed by atoms with Gasteiger partial charge in [-0.2, -0.15) is 0 Å². The van der Waals surface area contributed by atoms with Gasteiger partial charge in [0.25, 0.3) is 5.91 Å². The van der Waals surface area contributed by atoms with Crippen LogP contribution in [-0.4, -0.2) is 64.6 Å². The molecule has 3 aromatic carbocycles. The van der Waals surface area contributed by atoms with E-state index in [0.717, 1.165) is 39.0 Å². The average Bonchev–Trinajstić information content (AvgIpc) is 2.99. The van der Waals surface area contributed by atoms with E-state index >= 15 is 0 Å². The topological polar surface area (TPSA) is 77.7 Å².